The van der Waals surface area contributed by atoms with Crippen molar-refractivity contribution in [3.8, 4) is 6.19 Å². The van der Waals surface area contributed by atoms with Crippen molar-refractivity contribution in [1.82, 2.24) is 20.4 Å². The largest absolute Gasteiger partial charge is 0.461 e. The maximum Gasteiger partial charge on any atom is 0.408 e. The van der Waals surface area contributed by atoms with Crippen molar-refractivity contribution in [3.63, 3.8) is 0 Å². The third kappa shape index (κ3) is 14.0. The number of ether oxygens (including phenoxy) is 1. The van der Waals surface area contributed by atoms with E-state index in [1.165, 1.54) is 11.1 Å². The number of aliphatic imine (C=N–C) groups is 1. The standard InChI is InChI=1S/C26H29N5O2.C20H30N2O3/c1-19-16-21-17-22(12-13-24(21)33-19)29-26(28-18-27)30-23-11-5-6-14-31(25(23)32)15-7-10-20-8-3-2-4-9-20;1-20(2,3)25-19(24)21-17-13-7-8-14-22(18(17)23)15-9-12-16-10-5-4-6-11-16/h2-4,8-9,12-13,16-17,23H,5-7,10-11,14-15H2,1H3,(H2,28,29,30);4-6,10-11,17H,7-9,12-15H2,1-3H3,(H,21,24)/t23-;17-/m00/s1. The number of carbonyl (C=O) groups is 3. The first-order valence-electron chi connectivity index (χ1n) is 20.6. The van der Waals surface area contributed by atoms with Gasteiger partial charge in [0.15, 0.2) is 6.19 Å². The number of anilines is 1. The van der Waals surface area contributed by atoms with Crippen LogP contribution in [0.5, 0.6) is 0 Å². The van der Waals surface area contributed by atoms with Gasteiger partial charge in [-0.1, -0.05) is 60.7 Å². The van der Waals surface area contributed by atoms with Crippen molar-refractivity contribution in [2.24, 2.45) is 4.99 Å². The van der Waals surface area contributed by atoms with Gasteiger partial charge in [-0.05, 0) is 127 Å². The summed E-state index contributed by atoms with van der Waals surface area (Å²) < 4.78 is 10.9. The fraction of sp³-hybridized carbons (Fsp3) is 0.457. The van der Waals surface area contributed by atoms with Gasteiger partial charge in [0.1, 0.15) is 29.0 Å². The molecular weight excluding hydrogens is 731 g/mol. The molecule has 308 valence electrons. The lowest BCUT2D eigenvalue weighted by molar-refractivity contribution is -0.133. The normalized spacial score (nSPS) is 17.7. The van der Waals surface area contributed by atoms with E-state index in [0.29, 0.717) is 19.4 Å². The van der Waals surface area contributed by atoms with Crippen molar-refractivity contribution < 1.29 is 23.5 Å². The molecule has 3 aromatic carbocycles. The Morgan fingerprint density at radius 2 is 1.45 bits per heavy atom. The summed E-state index contributed by atoms with van der Waals surface area (Å²) in [4.78, 5) is 46.4. The zero-order valence-corrected chi connectivity index (χ0v) is 34.5. The molecule has 0 unspecified atom stereocenters. The van der Waals surface area contributed by atoms with Gasteiger partial charge in [0.25, 0.3) is 0 Å². The number of hydrogen-bond acceptors (Lipinski definition) is 7. The SMILES string of the molecule is CC(C)(C)OC(=O)N[C@H]1CCCCN(CCCc2ccccc2)C1=O.Cc1cc2cc(NC(=N[C@H]3CCCCN(CCCc4ccccc4)C3=O)NC#N)ccc2o1. The fourth-order valence-corrected chi connectivity index (χ4v) is 7.27. The van der Waals surface area contributed by atoms with E-state index in [1.54, 1.807) is 0 Å². The topological polar surface area (TPSA) is 152 Å². The Kier molecular flexibility index (Phi) is 16.1. The van der Waals surface area contributed by atoms with E-state index in [9.17, 15) is 19.6 Å². The molecule has 2 atom stereocenters. The molecule has 12 nitrogen and oxygen atoms in total. The van der Waals surface area contributed by atoms with Gasteiger partial charge in [-0.3, -0.25) is 14.9 Å². The monoisotopic (exact) mass is 789 g/mol. The Morgan fingerprint density at radius 3 is 2.05 bits per heavy atom. The summed E-state index contributed by atoms with van der Waals surface area (Å²) >= 11 is 0. The van der Waals surface area contributed by atoms with Gasteiger partial charge in [-0.15, -0.1) is 0 Å². The van der Waals surface area contributed by atoms with E-state index in [1.807, 2.05) is 104 Å². The van der Waals surface area contributed by atoms with Crippen LogP contribution in [0.3, 0.4) is 0 Å². The first-order chi connectivity index (χ1) is 28.0. The van der Waals surface area contributed by atoms with E-state index in [4.69, 9.17) is 9.15 Å². The lowest BCUT2D eigenvalue weighted by Crippen LogP contribution is -2.48. The average molecular weight is 790 g/mol. The molecule has 3 amide bonds. The van der Waals surface area contributed by atoms with Gasteiger partial charge in [0, 0.05) is 37.3 Å². The van der Waals surface area contributed by atoms with Gasteiger partial charge in [-0.25, -0.2) is 9.79 Å². The highest BCUT2D eigenvalue weighted by atomic mass is 16.6. The molecule has 0 aliphatic carbocycles. The summed E-state index contributed by atoms with van der Waals surface area (Å²) in [7, 11) is 0. The van der Waals surface area contributed by atoms with Crippen molar-refractivity contribution in [2.45, 2.75) is 110 Å². The summed E-state index contributed by atoms with van der Waals surface area (Å²) in [6.07, 6.45) is 10.3. The molecule has 0 radical (unpaired) electrons. The Morgan fingerprint density at radius 1 is 0.845 bits per heavy atom. The lowest BCUT2D eigenvalue weighted by Gasteiger charge is -2.26. The Balaban J connectivity index is 0.000000230. The second kappa shape index (κ2) is 21.6. The number of benzene rings is 3. The lowest BCUT2D eigenvalue weighted by atomic mass is 10.1. The zero-order valence-electron chi connectivity index (χ0n) is 34.5. The van der Waals surface area contributed by atoms with Crippen molar-refractivity contribution >= 4 is 40.5 Å². The quantitative estimate of drug-likeness (QED) is 0.0597. The first kappa shape index (κ1) is 43.3. The number of nitrogens with zero attached hydrogens (tertiary/aromatic N) is 4. The predicted octanol–water partition coefficient (Wildman–Crippen LogP) is 8.12. The number of aryl methyl sites for hydroxylation is 3. The number of furan rings is 1. The zero-order chi connectivity index (χ0) is 41.3. The minimum absolute atomic E-state index is 0.0106. The number of guanidine groups is 1. The highest BCUT2D eigenvalue weighted by Gasteiger charge is 2.30. The number of nitrogens with one attached hydrogen (secondary N) is 3. The number of fused-ring (bicyclic) bond motifs is 1. The van der Waals surface area contributed by atoms with Gasteiger partial charge >= 0.3 is 6.09 Å². The number of amides is 3. The predicted molar refractivity (Wildman–Crippen MR) is 228 cm³/mol. The number of carbonyl (C=O) groups excluding carboxylic acids is 3. The number of likely N-dealkylation sites (tertiary alicyclic amines) is 2. The third-order valence-electron chi connectivity index (χ3n) is 10.1. The number of rotatable bonds is 11. The first-order valence-corrected chi connectivity index (χ1v) is 20.6. The Labute approximate surface area is 343 Å². The maximum absolute atomic E-state index is 13.2. The summed E-state index contributed by atoms with van der Waals surface area (Å²) in [6.45, 7) is 10.3. The molecule has 3 N–H and O–H groups in total. The van der Waals surface area contributed by atoms with Crippen LogP contribution >= 0.6 is 0 Å². The average Bonchev–Trinajstić information content (AvgIpc) is 3.37. The summed E-state index contributed by atoms with van der Waals surface area (Å²) in [6, 6.07) is 27.3. The highest BCUT2D eigenvalue weighted by molar-refractivity contribution is 5.98. The van der Waals surface area contributed by atoms with Gasteiger partial charge in [0.2, 0.25) is 17.8 Å². The molecule has 3 heterocycles. The summed E-state index contributed by atoms with van der Waals surface area (Å²) in [5.74, 6) is 1.15. The van der Waals surface area contributed by atoms with Crippen molar-refractivity contribution in [2.75, 3.05) is 31.5 Å². The van der Waals surface area contributed by atoms with Crippen LogP contribution in [-0.2, 0) is 27.2 Å². The maximum atomic E-state index is 13.2. The Bertz CT molecular complexity index is 2000. The molecule has 2 saturated heterocycles. The third-order valence-corrected chi connectivity index (χ3v) is 10.1. The summed E-state index contributed by atoms with van der Waals surface area (Å²) in [5.41, 5.74) is 3.57. The van der Waals surface area contributed by atoms with E-state index in [-0.39, 0.29) is 17.8 Å². The molecule has 6 rings (SSSR count). The molecular formula is C46H59N7O5. The van der Waals surface area contributed by atoms with Crippen LogP contribution < -0.4 is 16.0 Å². The Hall–Kier alpha value is -5.83. The molecule has 0 bridgehead atoms. The van der Waals surface area contributed by atoms with Crippen LogP contribution in [0.15, 0.2) is 94.3 Å². The second-order valence-electron chi connectivity index (χ2n) is 16.0. The van der Waals surface area contributed by atoms with Gasteiger partial charge in [-0.2, -0.15) is 5.26 Å². The smallest absolute Gasteiger partial charge is 0.408 e. The van der Waals surface area contributed by atoms with E-state index in [0.717, 1.165) is 93.4 Å². The van der Waals surface area contributed by atoms with Gasteiger partial charge < -0.3 is 29.6 Å². The number of hydrogen-bond donors (Lipinski definition) is 3. The van der Waals surface area contributed by atoms with Crippen molar-refractivity contribution in [1.29, 1.82) is 5.26 Å². The molecule has 4 aromatic rings. The van der Waals surface area contributed by atoms with E-state index < -0.39 is 23.8 Å². The summed E-state index contributed by atoms with van der Waals surface area (Å²) in [5, 5.41) is 18.7. The molecule has 0 spiro atoms. The molecule has 1 aromatic heterocycles. The van der Waals surface area contributed by atoms with Crippen LogP contribution in [0.4, 0.5) is 10.5 Å². The number of nitriles is 1. The van der Waals surface area contributed by atoms with Crippen molar-refractivity contribution in [3.05, 3.63) is 102 Å². The molecule has 2 aliphatic rings. The fourth-order valence-electron chi connectivity index (χ4n) is 7.27. The van der Waals surface area contributed by atoms with Crippen LogP contribution in [0.25, 0.3) is 11.0 Å². The molecule has 12 heteroatoms. The van der Waals surface area contributed by atoms with Crippen LogP contribution in [0.1, 0.15) is 89.0 Å². The van der Waals surface area contributed by atoms with Crippen LogP contribution in [0.2, 0.25) is 0 Å². The number of alkyl carbamates (subject to hydrolysis) is 1. The molecule has 0 saturated carbocycles. The van der Waals surface area contributed by atoms with E-state index in [2.05, 4.69) is 45.2 Å². The molecule has 58 heavy (non-hydrogen) atoms. The van der Waals surface area contributed by atoms with Crippen LogP contribution in [-0.4, -0.2) is 77.5 Å². The minimum Gasteiger partial charge on any atom is -0.461 e. The van der Waals surface area contributed by atoms with Gasteiger partial charge in [0.05, 0.1) is 0 Å². The molecule has 2 aliphatic heterocycles. The van der Waals surface area contributed by atoms with E-state index >= 15 is 0 Å². The second-order valence-corrected chi connectivity index (χ2v) is 16.0. The highest BCUT2D eigenvalue weighted by Crippen LogP contribution is 2.23. The minimum atomic E-state index is -0.562. The molecule has 2 fully saturated rings. The van der Waals surface area contributed by atoms with Crippen LogP contribution in [0, 0.1) is 18.4 Å².